The molecule has 0 spiro atoms. The van der Waals surface area contributed by atoms with Gasteiger partial charge in [-0.25, -0.2) is 17.8 Å². The predicted octanol–water partition coefficient (Wildman–Crippen LogP) is 5.78. The lowest BCUT2D eigenvalue weighted by Gasteiger charge is -2.21. The van der Waals surface area contributed by atoms with E-state index >= 15 is 0 Å². The standard InChI is InChI=1S/C33H29FN4O6S/c1-36-32(39)29-23-15-22(26(38(2)45(4,40)41)16-28(23)43-31(29)18-8-11-21(34)12-9-18)19-10-13-27(42-3)24(14-19)33-37-25-7-5-6-20(17-35)30(25)44-33/h5-6,8,10-11,13-16,25H,7,9,12H2,1-4H3,(H,36,39). The average molecular weight is 629 g/mol. The highest BCUT2D eigenvalue weighted by molar-refractivity contribution is 7.92. The van der Waals surface area contributed by atoms with Crippen molar-refractivity contribution in [2.24, 2.45) is 4.99 Å². The van der Waals surface area contributed by atoms with Crippen LogP contribution in [0.25, 0.3) is 27.7 Å². The number of nitriles is 1. The van der Waals surface area contributed by atoms with Gasteiger partial charge in [0.1, 0.15) is 40.8 Å². The summed E-state index contributed by atoms with van der Waals surface area (Å²) in [4.78, 5) is 18.0. The molecule has 1 aliphatic heterocycles. The van der Waals surface area contributed by atoms with Gasteiger partial charge in [-0.2, -0.15) is 5.26 Å². The van der Waals surface area contributed by atoms with Crippen LogP contribution in [0.5, 0.6) is 5.75 Å². The number of carbonyl (C=O) groups excluding carboxylic acids is 1. The number of hydrogen-bond donors (Lipinski definition) is 1. The molecule has 10 nitrogen and oxygen atoms in total. The Morgan fingerprint density at radius 3 is 2.67 bits per heavy atom. The van der Waals surface area contributed by atoms with E-state index in [1.165, 1.54) is 27.3 Å². The summed E-state index contributed by atoms with van der Waals surface area (Å²) in [5.41, 5.74) is 3.46. The summed E-state index contributed by atoms with van der Waals surface area (Å²) in [6.07, 6.45) is 8.70. The van der Waals surface area contributed by atoms with Gasteiger partial charge in [-0.3, -0.25) is 9.10 Å². The minimum atomic E-state index is -3.73. The van der Waals surface area contributed by atoms with Crippen LogP contribution < -0.4 is 14.4 Å². The van der Waals surface area contributed by atoms with Gasteiger partial charge >= 0.3 is 0 Å². The molecule has 3 aromatic rings. The molecule has 1 aromatic heterocycles. The van der Waals surface area contributed by atoms with Crippen molar-refractivity contribution in [3.05, 3.63) is 88.7 Å². The number of aliphatic imine (C=N–C) groups is 1. The summed E-state index contributed by atoms with van der Waals surface area (Å²) < 4.78 is 58.5. The van der Waals surface area contributed by atoms with Gasteiger partial charge in [0.2, 0.25) is 15.9 Å². The SMILES string of the molecule is CNC(=O)c1c(C2=CC=C(F)CC2)oc2cc(N(C)S(C)(=O)=O)c(-c3ccc(OC)c(C4=NC5CC=CC(C#N)=C5O4)c3)cc12. The number of halogens is 1. The van der Waals surface area contributed by atoms with E-state index in [0.29, 0.717) is 74.6 Å². The molecular weight excluding hydrogens is 599 g/mol. The first-order chi connectivity index (χ1) is 21.5. The Kier molecular flexibility index (Phi) is 7.58. The minimum absolute atomic E-state index is 0.174. The number of nitrogens with one attached hydrogen (secondary N) is 1. The number of rotatable bonds is 7. The van der Waals surface area contributed by atoms with Crippen LogP contribution in [0, 0.1) is 11.3 Å². The summed E-state index contributed by atoms with van der Waals surface area (Å²) in [6, 6.07) is 10.4. The first-order valence-electron chi connectivity index (χ1n) is 14.1. The number of methoxy groups -OCH3 is 1. The number of sulfonamides is 1. The number of fused-ring (bicyclic) bond motifs is 2. The fourth-order valence-corrected chi connectivity index (χ4v) is 6.14. The second-order valence-electron chi connectivity index (χ2n) is 10.8. The summed E-state index contributed by atoms with van der Waals surface area (Å²) in [5, 5.41) is 12.7. The number of carbonyl (C=O) groups is 1. The highest BCUT2D eigenvalue weighted by atomic mass is 32.2. The van der Waals surface area contributed by atoms with Crippen molar-refractivity contribution < 1.29 is 31.5 Å². The Bertz CT molecular complexity index is 2080. The Balaban J connectivity index is 1.58. The summed E-state index contributed by atoms with van der Waals surface area (Å²) in [6.45, 7) is 0. The van der Waals surface area contributed by atoms with E-state index in [1.807, 2.05) is 6.08 Å². The molecule has 1 amide bonds. The van der Waals surface area contributed by atoms with Crippen LogP contribution in [-0.4, -0.2) is 53.7 Å². The summed E-state index contributed by atoms with van der Waals surface area (Å²) in [5.74, 6) is 0.817. The normalized spacial score (nSPS) is 17.6. The third kappa shape index (κ3) is 5.29. The van der Waals surface area contributed by atoms with Gasteiger partial charge in [0.25, 0.3) is 5.91 Å². The van der Waals surface area contributed by atoms with Gasteiger partial charge in [-0.1, -0.05) is 18.2 Å². The second-order valence-corrected chi connectivity index (χ2v) is 12.8. The van der Waals surface area contributed by atoms with E-state index in [4.69, 9.17) is 18.9 Å². The minimum Gasteiger partial charge on any atom is -0.496 e. The molecule has 230 valence electrons. The van der Waals surface area contributed by atoms with E-state index in [2.05, 4.69) is 11.4 Å². The summed E-state index contributed by atoms with van der Waals surface area (Å²) in [7, 11) is 0.720. The zero-order valence-electron chi connectivity index (χ0n) is 25.0. The maximum absolute atomic E-state index is 13.8. The van der Waals surface area contributed by atoms with Gasteiger partial charge in [-0.15, -0.1) is 0 Å². The fourth-order valence-electron chi connectivity index (χ4n) is 5.63. The van der Waals surface area contributed by atoms with E-state index in [1.54, 1.807) is 42.5 Å². The Morgan fingerprint density at radius 1 is 1.20 bits per heavy atom. The van der Waals surface area contributed by atoms with Crippen molar-refractivity contribution in [1.29, 1.82) is 5.26 Å². The first-order valence-corrected chi connectivity index (χ1v) is 16.0. The van der Waals surface area contributed by atoms with Gasteiger partial charge in [0.05, 0.1) is 35.8 Å². The number of ether oxygens (including phenoxy) is 2. The lowest BCUT2D eigenvalue weighted by Crippen LogP contribution is -2.25. The molecule has 0 radical (unpaired) electrons. The fraction of sp³-hybridized carbons (Fsp3) is 0.242. The molecule has 0 bridgehead atoms. The lowest BCUT2D eigenvalue weighted by molar-refractivity contribution is 0.0963. The topological polar surface area (TPSA) is 134 Å². The maximum Gasteiger partial charge on any atom is 0.255 e. The number of allylic oxidation sites excluding steroid dienone is 6. The molecule has 1 N–H and O–H groups in total. The molecule has 0 saturated heterocycles. The number of nitrogens with zero attached hydrogens (tertiary/aromatic N) is 3. The van der Waals surface area contributed by atoms with Crippen molar-refractivity contribution in [3.63, 3.8) is 0 Å². The van der Waals surface area contributed by atoms with Crippen LogP contribution in [0.2, 0.25) is 0 Å². The van der Waals surface area contributed by atoms with Crippen molar-refractivity contribution >= 4 is 44.1 Å². The molecule has 6 rings (SSSR count). The van der Waals surface area contributed by atoms with Crippen LogP contribution in [-0.2, 0) is 14.8 Å². The number of amides is 1. The largest absolute Gasteiger partial charge is 0.496 e. The zero-order valence-corrected chi connectivity index (χ0v) is 25.8. The second kappa shape index (κ2) is 11.4. The highest BCUT2D eigenvalue weighted by Crippen LogP contribution is 2.43. The lowest BCUT2D eigenvalue weighted by atomic mass is 9.95. The maximum atomic E-state index is 13.8. The first kappa shape index (κ1) is 29.9. The number of benzene rings is 2. The number of hydrogen-bond acceptors (Lipinski definition) is 8. The van der Waals surface area contributed by atoms with E-state index in [9.17, 15) is 22.9 Å². The monoisotopic (exact) mass is 628 g/mol. The molecule has 12 heteroatoms. The smallest absolute Gasteiger partial charge is 0.255 e. The quantitative estimate of drug-likeness (QED) is 0.351. The molecule has 1 atom stereocenters. The molecule has 1 unspecified atom stereocenters. The van der Waals surface area contributed by atoms with E-state index in [0.717, 1.165) is 10.6 Å². The summed E-state index contributed by atoms with van der Waals surface area (Å²) >= 11 is 0. The van der Waals surface area contributed by atoms with Gasteiger partial charge < -0.3 is 19.2 Å². The van der Waals surface area contributed by atoms with Gasteiger partial charge in [0.15, 0.2) is 0 Å². The van der Waals surface area contributed by atoms with Crippen molar-refractivity contribution in [2.75, 3.05) is 31.8 Å². The Morgan fingerprint density at radius 2 is 2.00 bits per heavy atom. The van der Waals surface area contributed by atoms with Crippen LogP contribution >= 0.6 is 0 Å². The molecule has 2 heterocycles. The molecule has 3 aliphatic rings. The molecule has 2 aliphatic carbocycles. The highest BCUT2D eigenvalue weighted by Gasteiger charge is 2.32. The Hall–Kier alpha value is -5.15. The molecule has 0 saturated carbocycles. The average Bonchev–Trinajstić information content (AvgIpc) is 3.64. The molecule has 45 heavy (non-hydrogen) atoms. The van der Waals surface area contributed by atoms with Crippen molar-refractivity contribution in [1.82, 2.24) is 5.32 Å². The van der Waals surface area contributed by atoms with Crippen molar-refractivity contribution in [3.8, 4) is 22.9 Å². The van der Waals surface area contributed by atoms with E-state index in [-0.39, 0.29) is 29.8 Å². The van der Waals surface area contributed by atoms with Crippen molar-refractivity contribution in [2.45, 2.75) is 25.3 Å². The van der Waals surface area contributed by atoms with Gasteiger partial charge in [0, 0.05) is 37.5 Å². The van der Waals surface area contributed by atoms with E-state index < -0.39 is 15.9 Å². The molecule has 0 fully saturated rings. The van der Waals surface area contributed by atoms with Crippen LogP contribution in [0.1, 0.15) is 40.9 Å². The third-order valence-corrected chi connectivity index (χ3v) is 9.23. The molecular formula is C33H29FN4O6S. The number of anilines is 1. The van der Waals surface area contributed by atoms with Crippen LogP contribution in [0.3, 0.4) is 0 Å². The van der Waals surface area contributed by atoms with Crippen LogP contribution in [0.15, 0.2) is 81.2 Å². The Labute approximate surface area is 259 Å². The zero-order chi connectivity index (χ0) is 32.0. The predicted molar refractivity (Wildman–Crippen MR) is 169 cm³/mol. The van der Waals surface area contributed by atoms with Crippen LogP contribution in [0.4, 0.5) is 10.1 Å². The van der Waals surface area contributed by atoms with Gasteiger partial charge in [-0.05, 0) is 54.3 Å². The number of furan rings is 1. The molecule has 2 aromatic carbocycles. The third-order valence-electron chi connectivity index (χ3n) is 8.04.